The smallest absolute Gasteiger partial charge is 0.409 e. The maximum Gasteiger partial charge on any atom is 0.409 e. The van der Waals surface area contributed by atoms with Crippen LogP contribution in [0.5, 0.6) is 0 Å². The molecule has 2 aromatic carbocycles. The number of amides is 1. The fourth-order valence-electron chi connectivity index (χ4n) is 4.22. The van der Waals surface area contributed by atoms with Gasteiger partial charge in [0.2, 0.25) is 0 Å². The number of nitrogens with zero attached hydrogens (tertiary/aromatic N) is 2. The highest BCUT2D eigenvalue weighted by molar-refractivity contribution is 5.79. The van der Waals surface area contributed by atoms with Crippen LogP contribution in [0.1, 0.15) is 30.9 Å². The Kier molecular flexibility index (Phi) is 4.87. The summed E-state index contributed by atoms with van der Waals surface area (Å²) in [4.78, 5) is 16.7. The summed E-state index contributed by atoms with van der Waals surface area (Å²) in [5.74, 6) is 2.92. The molecule has 0 aromatic heterocycles. The second-order valence-corrected chi connectivity index (χ2v) is 7.98. The minimum atomic E-state index is -0.284. The Morgan fingerprint density at radius 1 is 1.04 bits per heavy atom. The van der Waals surface area contributed by atoms with E-state index in [1.165, 1.54) is 22.3 Å². The predicted octanol–water partition coefficient (Wildman–Crippen LogP) is 3.96. The van der Waals surface area contributed by atoms with Crippen LogP contribution in [0.4, 0.5) is 4.79 Å². The molecule has 0 unspecified atom stereocenters. The molecule has 4 nitrogen and oxygen atoms in total. The summed E-state index contributed by atoms with van der Waals surface area (Å²) in [5, 5.41) is 0. The zero-order valence-electron chi connectivity index (χ0n) is 16.5. The van der Waals surface area contributed by atoms with Gasteiger partial charge >= 0.3 is 6.09 Å². The van der Waals surface area contributed by atoms with Crippen LogP contribution in [0.3, 0.4) is 0 Å². The molecule has 0 radical (unpaired) electrons. The molecule has 2 aromatic rings. The highest BCUT2D eigenvalue weighted by Crippen LogP contribution is 2.44. The average molecular weight is 374 g/mol. The van der Waals surface area contributed by atoms with Crippen molar-refractivity contribution < 1.29 is 9.53 Å². The van der Waals surface area contributed by atoms with Crippen LogP contribution in [0, 0.1) is 12.3 Å². The van der Waals surface area contributed by atoms with Gasteiger partial charge in [0, 0.05) is 32.1 Å². The van der Waals surface area contributed by atoms with Crippen molar-refractivity contribution in [2.75, 3.05) is 32.8 Å². The number of ether oxygens (including phenoxy) is 1. The summed E-state index contributed by atoms with van der Waals surface area (Å²) >= 11 is 0. The minimum absolute atomic E-state index is 0.0954. The fraction of sp³-hybridized carbons (Fsp3) is 0.375. The molecule has 0 atom stereocenters. The van der Waals surface area contributed by atoms with Crippen LogP contribution >= 0.6 is 0 Å². The number of terminal acetylenes is 1. The number of rotatable bonds is 3. The van der Waals surface area contributed by atoms with Crippen molar-refractivity contribution in [3.05, 3.63) is 59.7 Å². The molecule has 28 heavy (non-hydrogen) atoms. The SMILES string of the molecule is C#CC(C)(C)N1CCN(C(=O)OCC2c3ccccc3-c3ccccc32)CC1. The number of hydrogen-bond donors (Lipinski definition) is 0. The molecule has 2 aliphatic rings. The first-order valence-corrected chi connectivity index (χ1v) is 9.84. The highest BCUT2D eigenvalue weighted by Gasteiger charge is 2.32. The molecule has 1 fully saturated rings. The van der Waals surface area contributed by atoms with Gasteiger partial charge in [-0.15, -0.1) is 6.42 Å². The van der Waals surface area contributed by atoms with Crippen molar-refractivity contribution in [1.29, 1.82) is 0 Å². The van der Waals surface area contributed by atoms with Crippen LogP contribution in [0.2, 0.25) is 0 Å². The monoisotopic (exact) mass is 374 g/mol. The topological polar surface area (TPSA) is 32.8 Å². The first-order chi connectivity index (χ1) is 13.5. The van der Waals surface area contributed by atoms with Gasteiger partial charge in [0.25, 0.3) is 0 Å². The summed E-state index contributed by atoms with van der Waals surface area (Å²) in [6.45, 7) is 7.25. The number of benzene rings is 2. The van der Waals surface area contributed by atoms with Gasteiger partial charge < -0.3 is 9.64 Å². The molecular weight excluding hydrogens is 348 g/mol. The number of carbonyl (C=O) groups excluding carboxylic acids is 1. The molecule has 1 aliphatic carbocycles. The Labute approximate surface area is 167 Å². The van der Waals surface area contributed by atoms with E-state index in [0.717, 1.165) is 13.1 Å². The lowest BCUT2D eigenvalue weighted by Crippen LogP contribution is -2.55. The molecule has 4 rings (SSSR count). The van der Waals surface area contributed by atoms with E-state index >= 15 is 0 Å². The van der Waals surface area contributed by atoms with E-state index < -0.39 is 0 Å². The van der Waals surface area contributed by atoms with Crippen LogP contribution in [0.25, 0.3) is 11.1 Å². The summed E-state index contributed by atoms with van der Waals surface area (Å²) in [7, 11) is 0. The molecule has 1 amide bonds. The van der Waals surface area contributed by atoms with Crippen molar-refractivity contribution in [1.82, 2.24) is 9.80 Å². The number of fused-ring (bicyclic) bond motifs is 3. The third kappa shape index (κ3) is 3.27. The highest BCUT2D eigenvalue weighted by atomic mass is 16.6. The quantitative estimate of drug-likeness (QED) is 0.763. The molecule has 0 N–H and O–H groups in total. The largest absolute Gasteiger partial charge is 0.448 e. The van der Waals surface area contributed by atoms with Crippen LogP contribution in [-0.2, 0) is 4.74 Å². The lowest BCUT2D eigenvalue weighted by Gasteiger charge is -2.41. The molecule has 1 saturated heterocycles. The fourth-order valence-corrected chi connectivity index (χ4v) is 4.22. The molecule has 0 saturated carbocycles. The molecule has 144 valence electrons. The van der Waals surface area contributed by atoms with Gasteiger partial charge in [0.1, 0.15) is 6.61 Å². The van der Waals surface area contributed by atoms with Crippen LogP contribution < -0.4 is 0 Å². The van der Waals surface area contributed by atoms with Gasteiger partial charge in [-0.1, -0.05) is 54.5 Å². The van der Waals surface area contributed by atoms with E-state index in [1.54, 1.807) is 4.90 Å². The Balaban J connectivity index is 1.41. The molecule has 1 heterocycles. The maximum atomic E-state index is 12.6. The van der Waals surface area contributed by atoms with Gasteiger partial charge in [-0.25, -0.2) is 4.79 Å². The van der Waals surface area contributed by atoms with E-state index in [-0.39, 0.29) is 17.6 Å². The van der Waals surface area contributed by atoms with Crippen LogP contribution in [-0.4, -0.2) is 54.2 Å². The van der Waals surface area contributed by atoms with Gasteiger partial charge in [-0.2, -0.15) is 0 Å². The van der Waals surface area contributed by atoms with Crippen molar-refractivity contribution in [3.63, 3.8) is 0 Å². The van der Waals surface area contributed by atoms with E-state index in [9.17, 15) is 4.79 Å². The molecule has 0 bridgehead atoms. The average Bonchev–Trinajstić information content (AvgIpc) is 3.06. The van der Waals surface area contributed by atoms with E-state index in [0.29, 0.717) is 19.7 Å². The first-order valence-electron chi connectivity index (χ1n) is 9.84. The molecular formula is C24H26N2O2. The first kappa shape index (κ1) is 18.6. The zero-order chi connectivity index (χ0) is 19.7. The second kappa shape index (κ2) is 7.33. The summed E-state index contributed by atoms with van der Waals surface area (Å²) in [5.41, 5.74) is 4.66. The lowest BCUT2D eigenvalue weighted by molar-refractivity contribution is 0.0551. The number of hydrogen-bond acceptors (Lipinski definition) is 3. The zero-order valence-corrected chi connectivity index (χ0v) is 16.5. The van der Waals surface area contributed by atoms with Crippen molar-refractivity contribution in [2.24, 2.45) is 0 Å². The van der Waals surface area contributed by atoms with Gasteiger partial charge in [-0.05, 0) is 36.1 Å². The van der Waals surface area contributed by atoms with Gasteiger partial charge in [0.15, 0.2) is 0 Å². The molecule has 1 aliphatic heterocycles. The standard InChI is InChI=1S/C24H26N2O2/c1-4-24(2,3)26-15-13-25(14-16-26)23(27)28-17-22-20-11-7-5-9-18(20)19-10-6-8-12-21(19)22/h1,5-12,22H,13-17H2,2-3H3. The Hall–Kier alpha value is -2.77. The van der Waals surface area contributed by atoms with E-state index in [1.807, 2.05) is 26.0 Å². The molecule has 4 heteroatoms. The van der Waals surface area contributed by atoms with Gasteiger partial charge in [-0.3, -0.25) is 4.90 Å². The lowest BCUT2D eigenvalue weighted by atomic mass is 9.98. The third-order valence-corrected chi connectivity index (χ3v) is 6.02. The summed E-state index contributed by atoms with van der Waals surface area (Å²) in [6.07, 6.45) is 5.39. The molecule has 0 spiro atoms. The third-order valence-electron chi connectivity index (χ3n) is 6.02. The van der Waals surface area contributed by atoms with Gasteiger partial charge in [0.05, 0.1) is 5.54 Å². The van der Waals surface area contributed by atoms with Crippen molar-refractivity contribution in [2.45, 2.75) is 25.3 Å². The number of carbonyl (C=O) groups is 1. The van der Waals surface area contributed by atoms with E-state index in [4.69, 9.17) is 11.2 Å². The Bertz CT molecular complexity index is 875. The normalized spacial score (nSPS) is 17.0. The van der Waals surface area contributed by atoms with Crippen LogP contribution in [0.15, 0.2) is 48.5 Å². The maximum absolute atomic E-state index is 12.6. The summed E-state index contributed by atoms with van der Waals surface area (Å²) in [6, 6.07) is 16.8. The van der Waals surface area contributed by atoms with E-state index in [2.05, 4.69) is 47.2 Å². The minimum Gasteiger partial charge on any atom is -0.448 e. The Morgan fingerprint density at radius 3 is 2.11 bits per heavy atom. The second-order valence-electron chi connectivity index (χ2n) is 7.98. The van der Waals surface area contributed by atoms with Crippen molar-refractivity contribution in [3.8, 4) is 23.5 Å². The number of piperazine rings is 1. The summed E-state index contributed by atoms with van der Waals surface area (Å²) < 4.78 is 5.75. The predicted molar refractivity (Wildman–Crippen MR) is 111 cm³/mol. The van der Waals surface area contributed by atoms with Crippen molar-refractivity contribution >= 4 is 6.09 Å². The Morgan fingerprint density at radius 2 is 1.57 bits per heavy atom.